The fourth-order valence-electron chi connectivity index (χ4n) is 2.51. The lowest BCUT2D eigenvalue weighted by Crippen LogP contribution is -2.14. The molecule has 0 aliphatic carbocycles. The van der Waals surface area contributed by atoms with Gasteiger partial charge in [0.2, 0.25) is 5.91 Å². The molecule has 0 aliphatic rings. The lowest BCUT2D eigenvalue weighted by Gasteiger charge is -2.09. The Morgan fingerprint density at radius 2 is 1.96 bits per heavy atom. The summed E-state index contributed by atoms with van der Waals surface area (Å²) in [5.74, 6) is 0.971. The number of nitrogens with zero attached hydrogens (tertiary/aromatic N) is 3. The van der Waals surface area contributed by atoms with E-state index >= 15 is 0 Å². The molecule has 0 saturated heterocycles. The molecule has 1 amide bonds. The first kappa shape index (κ1) is 18.5. The second kappa shape index (κ2) is 8.87. The zero-order valence-electron chi connectivity index (χ0n) is 14.4. The number of halogens is 1. The molecule has 0 bridgehead atoms. The summed E-state index contributed by atoms with van der Waals surface area (Å²) in [5.41, 5.74) is 1.70. The van der Waals surface area contributed by atoms with Crippen LogP contribution in [-0.4, -0.2) is 26.4 Å². The van der Waals surface area contributed by atoms with Crippen molar-refractivity contribution in [3.63, 3.8) is 0 Å². The molecule has 2 aromatic carbocycles. The van der Waals surface area contributed by atoms with Crippen LogP contribution in [0, 0.1) is 0 Å². The van der Waals surface area contributed by atoms with E-state index in [9.17, 15) is 4.79 Å². The van der Waals surface area contributed by atoms with E-state index in [0.29, 0.717) is 10.7 Å². The van der Waals surface area contributed by atoms with Gasteiger partial charge in [-0.25, -0.2) is 0 Å². The Labute approximate surface area is 161 Å². The SMILES string of the molecule is CCCn1c(SCC(=O)Nc2cccc(Cl)c2)nnc1-c1ccccc1. The number of carbonyl (C=O) groups is 1. The summed E-state index contributed by atoms with van der Waals surface area (Å²) in [6.45, 7) is 2.91. The molecule has 7 heteroatoms. The van der Waals surface area contributed by atoms with Crippen LogP contribution in [0.1, 0.15) is 13.3 Å². The van der Waals surface area contributed by atoms with Gasteiger partial charge in [-0.1, -0.05) is 66.7 Å². The van der Waals surface area contributed by atoms with Crippen molar-refractivity contribution in [3.05, 3.63) is 59.6 Å². The molecule has 0 atom stereocenters. The number of thioether (sulfide) groups is 1. The molecule has 0 aliphatic heterocycles. The van der Waals surface area contributed by atoms with Crippen molar-refractivity contribution in [2.45, 2.75) is 25.0 Å². The van der Waals surface area contributed by atoms with Crippen molar-refractivity contribution in [3.8, 4) is 11.4 Å². The van der Waals surface area contributed by atoms with Crippen LogP contribution in [0.25, 0.3) is 11.4 Å². The van der Waals surface area contributed by atoms with Gasteiger partial charge in [0, 0.05) is 22.8 Å². The summed E-state index contributed by atoms with van der Waals surface area (Å²) < 4.78 is 2.06. The van der Waals surface area contributed by atoms with Crippen LogP contribution < -0.4 is 5.32 Å². The number of amides is 1. The number of carbonyl (C=O) groups excluding carboxylic acids is 1. The third-order valence-electron chi connectivity index (χ3n) is 3.64. The number of benzene rings is 2. The van der Waals surface area contributed by atoms with E-state index in [1.54, 1.807) is 18.2 Å². The van der Waals surface area contributed by atoms with Gasteiger partial charge < -0.3 is 9.88 Å². The fourth-order valence-corrected chi connectivity index (χ4v) is 3.47. The van der Waals surface area contributed by atoms with Crippen LogP contribution in [0.15, 0.2) is 59.8 Å². The highest BCUT2D eigenvalue weighted by molar-refractivity contribution is 7.99. The summed E-state index contributed by atoms with van der Waals surface area (Å²) in [4.78, 5) is 12.2. The molecular weight excluding hydrogens is 368 g/mol. The number of rotatable bonds is 7. The van der Waals surface area contributed by atoms with E-state index in [-0.39, 0.29) is 11.7 Å². The molecule has 0 fully saturated rings. The number of hydrogen-bond donors (Lipinski definition) is 1. The maximum atomic E-state index is 12.2. The highest BCUT2D eigenvalue weighted by Crippen LogP contribution is 2.24. The molecule has 3 rings (SSSR count). The van der Waals surface area contributed by atoms with Crippen LogP contribution in [-0.2, 0) is 11.3 Å². The lowest BCUT2D eigenvalue weighted by molar-refractivity contribution is -0.113. The van der Waals surface area contributed by atoms with Crippen molar-refractivity contribution in [2.75, 3.05) is 11.1 Å². The first-order valence-electron chi connectivity index (χ1n) is 8.34. The predicted molar refractivity (Wildman–Crippen MR) is 107 cm³/mol. The van der Waals surface area contributed by atoms with Gasteiger partial charge in [0.05, 0.1) is 5.75 Å². The smallest absolute Gasteiger partial charge is 0.234 e. The van der Waals surface area contributed by atoms with Crippen LogP contribution >= 0.6 is 23.4 Å². The molecule has 0 saturated carbocycles. The van der Waals surface area contributed by atoms with Crippen LogP contribution in [0.4, 0.5) is 5.69 Å². The molecule has 3 aromatic rings. The number of hydrogen-bond acceptors (Lipinski definition) is 4. The highest BCUT2D eigenvalue weighted by atomic mass is 35.5. The van der Waals surface area contributed by atoms with Crippen LogP contribution in [0.5, 0.6) is 0 Å². The van der Waals surface area contributed by atoms with Crippen molar-refractivity contribution in [1.82, 2.24) is 14.8 Å². The maximum Gasteiger partial charge on any atom is 0.234 e. The van der Waals surface area contributed by atoms with Crippen LogP contribution in [0.2, 0.25) is 5.02 Å². The van der Waals surface area contributed by atoms with Gasteiger partial charge in [0.25, 0.3) is 0 Å². The largest absolute Gasteiger partial charge is 0.325 e. The first-order chi connectivity index (χ1) is 12.7. The molecule has 0 spiro atoms. The second-order valence-electron chi connectivity index (χ2n) is 5.67. The Morgan fingerprint density at radius 1 is 1.15 bits per heavy atom. The number of anilines is 1. The Hall–Kier alpha value is -2.31. The van der Waals surface area contributed by atoms with E-state index in [1.165, 1.54) is 11.8 Å². The zero-order chi connectivity index (χ0) is 18.4. The Kier molecular flexibility index (Phi) is 6.30. The second-order valence-corrected chi connectivity index (χ2v) is 7.05. The molecule has 1 aromatic heterocycles. The van der Waals surface area contributed by atoms with E-state index in [4.69, 9.17) is 11.6 Å². The number of aromatic nitrogens is 3. The topological polar surface area (TPSA) is 59.8 Å². The Morgan fingerprint density at radius 3 is 2.69 bits per heavy atom. The molecule has 0 unspecified atom stereocenters. The van der Waals surface area contributed by atoms with Gasteiger partial charge in [-0.2, -0.15) is 0 Å². The van der Waals surface area contributed by atoms with Crippen molar-refractivity contribution in [2.24, 2.45) is 0 Å². The molecule has 26 heavy (non-hydrogen) atoms. The maximum absolute atomic E-state index is 12.2. The number of nitrogens with one attached hydrogen (secondary N) is 1. The Bertz CT molecular complexity index is 882. The van der Waals surface area contributed by atoms with E-state index < -0.39 is 0 Å². The standard InChI is InChI=1S/C19H19ClN4OS/c1-2-11-24-18(14-7-4-3-5-8-14)22-23-19(24)26-13-17(25)21-16-10-6-9-15(20)12-16/h3-10,12H,2,11,13H2,1H3,(H,21,25). The lowest BCUT2D eigenvalue weighted by atomic mass is 10.2. The van der Waals surface area contributed by atoms with Gasteiger partial charge in [-0.05, 0) is 24.6 Å². The normalized spacial score (nSPS) is 10.7. The quantitative estimate of drug-likeness (QED) is 0.596. The monoisotopic (exact) mass is 386 g/mol. The molecule has 0 radical (unpaired) electrons. The van der Waals surface area contributed by atoms with Gasteiger partial charge in [-0.3, -0.25) is 4.79 Å². The molecular formula is C19H19ClN4OS. The molecule has 1 heterocycles. The van der Waals surface area contributed by atoms with Crippen molar-refractivity contribution >= 4 is 35.0 Å². The van der Waals surface area contributed by atoms with E-state index in [0.717, 1.165) is 29.5 Å². The summed E-state index contributed by atoms with van der Waals surface area (Å²) in [6.07, 6.45) is 0.958. The minimum absolute atomic E-state index is 0.107. The summed E-state index contributed by atoms with van der Waals surface area (Å²) in [5, 5.41) is 12.8. The van der Waals surface area contributed by atoms with Crippen LogP contribution in [0.3, 0.4) is 0 Å². The molecule has 5 nitrogen and oxygen atoms in total. The average Bonchev–Trinajstić information content (AvgIpc) is 3.04. The van der Waals surface area contributed by atoms with Crippen molar-refractivity contribution in [1.29, 1.82) is 0 Å². The predicted octanol–water partition coefficient (Wildman–Crippen LogP) is 4.74. The summed E-state index contributed by atoms with van der Waals surface area (Å²) >= 11 is 7.32. The summed E-state index contributed by atoms with van der Waals surface area (Å²) in [6, 6.07) is 17.0. The van der Waals surface area contributed by atoms with E-state index in [1.807, 2.05) is 36.4 Å². The van der Waals surface area contributed by atoms with Gasteiger partial charge in [0.15, 0.2) is 11.0 Å². The molecule has 1 N–H and O–H groups in total. The highest BCUT2D eigenvalue weighted by Gasteiger charge is 2.15. The fraction of sp³-hybridized carbons (Fsp3) is 0.211. The van der Waals surface area contributed by atoms with Gasteiger partial charge in [-0.15, -0.1) is 10.2 Å². The van der Waals surface area contributed by atoms with E-state index in [2.05, 4.69) is 27.0 Å². The van der Waals surface area contributed by atoms with Gasteiger partial charge >= 0.3 is 0 Å². The first-order valence-corrected chi connectivity index (χ1v) is 9.70. The van der Waals surface area contributed by atoms with Crippen molar-refractivity contribution < 1.29 is 4.79 Å². The summed E-state index contributed by atoms with van der Waals surface area (Å²) in [7, 11) is 0. The molecule has 134 valence electrons. The minimum atomic E-state index is -0.107. The zero-order valence-corrected chi connectivity index (χ0v) is 15.9. The Balaban J connectivity index is 1.69. The third-order valence-corrected chi connectivity index (χ3v) is 4.84. The minimum Gasteiger partial charge on any atom is -0.325 e. The van der Waals surface area contributed by atoms with Gasteiger partial charge in [0.1, 0.15) is 0 Å². The third kappa shape index (κ3) is 4.65. The average molecular weight is 387 g/mol.